The van der Waals surface area contributed by atoms with Gasteiger partial charge in [-0.05, 0) is 72.9 Å². The van der Waals surface area contributed by atoms with Crippen molar-refractivity contribution in [2.45, 2.75) is 0 Å². The van der Waals surface area contributed by atoms with Crippen LogP contribution in [0.2, 0.25) is 0 Å². The lowest BCUT2D eigenvalue weighted by Crippen LogP contribution is -2.34. The summed E-state index contributed by atoms with van der Waals surface area (Å²) in [6.07, 6.45) is 0. The van der Waals surface area contributed by atoms with Crippen molar-refractivity contribution >= 4 is 40.0 Å². The third kappa shape index (κ3) is 4.28. The summed E-state index contributed by atoms with van der Waals surface area (Å²) in [4.78, 5) is 16.6. The number of oxazole rings is 1. The van der Waals surface area contributed by atoms with E-state index in [1.807, 2.05) is 24.3 Å². The van der Waals surface area contributed by atoms with Crippen molar-refractivity contribution in [1.82, 2.24) is 10.3 Å². The molecule has 0 saturated carbocycles. The van der Waals surface area contributed by atoms with Crippen LogP contribution in [-0.4, -0.2) is 23.1 Å². The summed E-state index contributed by atoms with van der Waals surface area (Å²) >= 11 is 5.17. The van der Waals surface area contributed by atoms with E-state index in [1.165, 1.54) is 24.3 Å². The lowest BCUT2D eigenvalue weighted by Gasteiger charge is -2.10. The van der Waals surface area contributed by atoms with Gasteiger partial charge in [0.1, 0.15) is 17.1 Å². The number of hydrogen-bond donors (Lipinski definition) is 2. The van der Waals surface area contributed by atoms with Gasteiger partial charge < -0.3 is 14.5 Å². The van der Waals surface area contributed by atoms with E-state index in [0.29, 0.717) is 34.0 Å². The van der Waals surface area contributed by atoms with E-state index in [2.05, 4.69) is 15.6 Å². The second-order valence-corrected chi connectivity index (χ2v) is 6.75. The maximum atomic E-state index is 13.0. The number of nitrogens with zero attached hydrogens (tertiary/aromatic N) is 1. The van der Waals surface area contributed by atoms with Gasteiger partial charge in [0.15, 0.2) is 10.7 Å². The van der Waals surface area contributed by atoms with Crippen LogP contribution in [0.15, 0.2) is 71.1 Å². The van der Waals surface area contributed by atoms with Crippen LogP contribution < -0.4 is 15.4 Å². The first kappa shape index (κ1) is 19.5. The molecule has 8 heteroatoms. The highest BCUT2D eigenvalue weighted by atomic mass is 32.1. The molecule has 0 bridgehead atoms. The number of aromatic nitrogens is 1. The fraction of sp³-hybridized carbons (Fsp3) is 0.0455. The first-order chi connectivity index (χ1) is 14.5. The molecule has 0 spiro atoms. The minimum absolute atomic E-state index is 0.131. The van der Waals surface area contributed by atoms with Gasteiger partial charge in [-0.1, -0.05) is 0 Å². The molecule has 3 aromatic carbocycles. The van der Waals surface area contributed by atoms with Crippen LogP contribution >= 0.6 is 12.2 Å². The standard InChI is InChI=1S/C22H16FN3O3S/c1-28-17-10-11-19-18(12-17)25-21(29-19)14-4-8-16(9-5-14)24-22(30)26-20(27)13-2-6-15(23)7-3-13/h2-12H,1H3,(H2,24,26,27,30). The molecule has 150 valence electrons. The number of benzene rings is 3. The number of amides is 1. The van der Waals surface area contributed by atoms with Crippen molar-refractivity contribution in [3.05, 3.63) is 78.1 Å². The fourth-order valence-electron chi connectivity index (χ4n) is 2.79. The molecule has 0 unspecified atom stereocenters. The first-order valence-electron chi connectivity index (χ1n) is 8.95. The molecule has 0 atom stereocenters. The van der Waals surface area contributed by atoms with E-state index < -0.39 is 11.7 Å². The van der Waals surface area contributed by atoms with Gasteiger partial charge in [0.05, 0.1) is 7.11 Å². The zero-order chi connectivity index (χ0) is 21.1. The Hall–Kier alpha value is -3.78. The minimum Gasteiger partial charge on any atom is -0.497 e. The lowest BCUT2D eigenvalue weighted by molar-refractivity contribution is 0.0977. The average molecular weight is 421 g/mol. The molecule has 1 aromatic heterocycles. The molecule has 4 rings (SSSR count). The third-order valence-corrected chi connectivity index (χ3v) is 4.52. The van der Waals surface area contributed by atoms with E-state index in [1.54, 1.807) is 25.3 Å². The Balaban J connectivity index is 1.42. The number of methoxy groups -OCH3 is 1. The predicted molar refractivity (Wildman–Crippen MR) is 116 cm³/mol. The van der Waals surface area contributed by atoms with E-state index in [9.17, 15) is 9.18 Å². The molecule has 0 aliphatic rings. The molecule has 6 nitrogen and oxygen atoms in total. The Labute approximate surface area is 176 Å². The number of ether oxygens (including phenoxy) is 1. The van der Waals surface area contributed by atoms with Crippen molar-refractivity contribution in [2.24, 2.45) is 0 Å². The normalized spacial score (nSPS) is 10.6. The van der Waals surface area contributed by atoms with Crippen LogP contribution in [0.5, 0.6) is 5.75 Å². The zero-order valence-electron chi connectivity index (χ0n) is 15.8. The minimum atomic E-state index is -0.425. The molecule has 0 aliphatic heterocycles. The third-order valence-electron chi connectivity index (χ3n) is 4.32. The maximum Gasteiger partial charge on any atom is 0.257 e. The summed E-state index contributed by atoms with van der Waals surface area (Å²) < 4.78 is 24.0. The number of fused-ring (bicyclic) bond motifs is 1. The first-order valence-corrected chi connectivity index (χ1v) is 9.35. The van der Waals surface area contributed by atoms with E-state index in [4.69, 9.17) is 21.4 Å². The van der Waals surface area contributed by atoms with Gasteiger partial charge >= 0.3 is 0 Å². The summed E-state index contributed by atoms with van der Waals surface area (Å²) in [5.41, 5.74) is 3.15. The Bertz CT molecular complexity index is 1220. The molecule has 0 fully saturated rings. The summed E-state index contributed by atoms with van der Waals surface area (Å²) in [5.74, 6) is 0.353. The molecule has 1 heterocycles. The molecule has 2 N–H and O–H groups in total. The van der Waals surface area contributed by atoms with Crippen LogP contribution in [0.25, 0.3) is 22.6 Å². The van der Waals surface area contributed by atoms with Crippen LogP contribution in [0.4, 0.5) is 10.1 Å². The lowest BCUT2D eigenvalue weighted by atomic mass is 10.2. The van der Waals surface area contributed by atoms with Gasteiger partial charge in [-0.25, -0.2) is 9.37 Å². The second-order valence-electron chi connectivity index (χ2n) is 6.35. The Kier molecular flexibility index (Phi) is 5.40. The molecule has 4 aromatic rings. The number of nitrogens with one attached hydrogen (secondary N) is 2. The van der Waals surface area contributed by atoms with E-state index in [0.717, 1.165) is 5.56 Å². The predicted octanol–water partition coefficient (Wildman–Crippen LogP) is 4.77. The van der Waals surface area contributed by atoms with Crippen molar-refractivity contribution < 1.29 is 18.3 Å². The molecule has 30 heavy (non-hydrogen) atoms. The van der Waals surface area contributed by atoms with E-state index in [-0.39, 0.29) is 5.11 Å². The van der Waals surface area contributed by atoms with Gasteiger partial charge in [-0.15, -0.1) is 0 Å². The van der Waals surface area contributed by atoms with Gasteiger partial charge in [0.25, 0.3) is 5.91 Å². The van der Waals surface area contributed by atoms with Crippen LogP contribution in [-0.2, 0) is 0 Å². The van der Waals surface area contributed by atoms with Crippen molar-refractivity contribution in [1.29, 1.82) is 0 Å². The summed E-state index contributed by atoms with van der Waals surface area (Å²) in [6.45, 7) is 0. The number of thiocarbonyl (C=S) groups is 1. The number of carbonyl (C=O) groups is 1. The summed E-state index contributed by atoms with van der Waals surface area (Å²) in [6, 6.07) is 17.9. The largest absolute Gasteiger partial charge is 0.497 e. The molecular formula is C22H16FN3O3S. The maximum absolute atomic E-state index is 13.0. The van der Waals surface area contributed by atoms with Gasteiger partial charge in [-0.2, -0.15) is 0 Å². The Morgan fingerprint density at radius 2 is 1.80 bits per heavy atom. The average Bonchev–Trinajstić information content (AvgIpc) is 3.17. The fourth-order valence-corrected chi connectivity index (χ4v) is 3.00. The molecular weight excluding hydrogens is 405 g/mol. The highest BCUT2D eigenvalue weighted by Gasteiger charge is 2.11. The highest BCUT2D eigenvalue weighted by molar-refractivity contribution is 7.80. The van der Waals surface area contributed by atoms with Crippen molar-refractivity contribution in [3.8, 4) is 17.2 Å². The zero-order valence-corrected chi connectivity index (χ0v) is 16.6. The van der Waals surface area contributed by atoms with Crippen LogP contribution in [0.1, 0.15) is 10.4 Å². The molecule has 0 aliphatic carbocycles. The van der Waals surface area contributed by atoms with E-state index >= 15 is 0 Å². The second kappa shape index (κ2) is 8.30. The Morgan fingerprint density at radius 1 is 1.07 bits per heavy atom. The quantitative estimate of drug-likeness (QED) is 0.463. The molecule has 0 saturated heterocycles. The summed E-state index contributed by atoms with van der Waals surface area (Å²) in [7, 11) is 1.60. The van der Waals surface area contributed by atoms with Crippen LogP contribution in [0, 0.1) is 5.82 Å². The molecule has 1 amide bonds. The highest BCUT2D eigenvalue weighted by Crippen LogP contribution is 2.27. The smallest absolute Gasteiger partial charge is 0.257 e. The molecule has 0 radical (unpaired) electrons. The van der Waals surface area contributed by atoms with Crippen molar-refractivity contribution in [2.75, 3.05) is 12.4 Å². The van der Waals surface area contributed by atoms with Gasteiger partial charge in [0.2, 0.25) is 5.89 Å². The number of carbonyl (C=O) groups excluding carboxylic acids is 1. The number of rotatable bonds is 4. The number of anilines is 1. The monoisotopic (exact) mass is 421 g/mol. The SMILES string of the molecule is COc1ccc2oc(-c3ccc(NC(=S)NC(=O)c4ccc(F)cc4)cc3)nc2c1. The topological polar surface area (TPSA) is 76.4 Å². The van der Waals surface area contributed by atoms with Gasteiger partial charge in [-0.3, -0.25) is 10.1 Å². The summed E-state index contributed by atoms with van der Waals surface area (Å²) in [5, 5.41) is 5.62. The van der Waals surface area contributed by atoms with Gasteiger partial charge in [0, 0.05) is 22.9 Å². The Morgan fingerprint density at radius 3 is 2.50 bits per heavy atom. The number of halogens is 1. The van der Waals surface area contributed by atoms with Crippen molar-refractivity contribution in [3.63, 3.8) is 0 Å². The van der Waals surface area contributed by atoms with Crippen LogP contribution in [0.3, 0.4) is 0 Å². The number of hydrogen-bond acceptors (Lipinski definition) is 5.